The number of para-hydroxylation sites is 2. The second kappa shape index (κ2) is 6.44. The summed E-state index contributed by atoms with van der Waals surface area (Å²) in [6.45, 7) is 0. The Morgan fingerprint density at radius 3 is 2.32 bits per heavy atom. The van der Waals surface area contributed by atoms with Crippen LogP contribution in [-0.4, -0.2) is 17.8 Å². The molecule has 1 aromatic carbocycles. The summed E-state index contributed by atoms with van der Waals surface area (Å²) in [5.41, 5.74) is 0.358. The standard InChI is InChI=1S/C19H17NO4S/c21-17-12-6-1-2-7-13(12)18(22)20(17)14-8-3-4-9-15(14)24-19(23)16-10-5-11-25-16/h3-5,8-13H,1-2,6-7H2. The monoisotopic (exact) mass is 355 g/mol. The number of nitrogens with zero attached hydrogens (tertiary/aromatic N) is 1. The van der Waals surface area contributed by atoms with E-state index >= 15 is 0 Å². The Bertz CT molecular complexity index is 806. The SMILES string of the molecule is O=C(Oc1ccccc1N1C(=O)C2CCCCC2C1=O)c1cccs1. The number of esters is 1. The van der Waals surface area contributed by atoms with Gasteiger partial charge >= 0.3 is 5.97 Å². The van der Waals surface area contributed by atoms with Gasteiger partial charge in [0.05, 0.1) is 17.5 Å². The maximum atomic E-state index is 12.8. The van der Waals surface area contributed by atoms with E-state index in [9.17, 15) is 14.4 Å². The zero-order valence-electron chi connectivity index (χ0n) is 13.5. The minimum atomic E-state index is -0.487. The predicted octanol–water partition coefficient (Wildman–Crippen LogP) is 3.65. The molecule has 2 unspecified atom stereocenters. The van der Waals surface area contributed by atoms with E-state index in [4.69, 9.17) is 4.74 Å². The molecule has 4 rings (SSSR count). The highest BCUT2D eigenvalue weighted by Gasteiger charge is 2.49. The first-order chi connectivity index (χ1) is 12.2. The fourth-order valence-corrected chi connectivity index (χ4v) is 4.27. The number of hydrogen-bond donors (Lipinski definition) is 0. The van der Waals surface area contributed by atoms with E-state index in [1.54, 1.807) is 41.8 Å². The van der Waals surface area contributed by atoms with Crippen molar-refractivity contribution >= 4 is 34.8 Å². The Hall–Kier alpha value is -2.47. The first-order valence-corrected chi connectivity index (χ1v) is 9.27. The second-order valence-corrected chi connectivity index (χ2v) is 7.29. The van der Waals surface area contributed by atoms with Crippen LogP contribution in [0.3, 0.4) is 0 Å². The van der Waals surface area contributed by atoms with Crippen LogP contribution in [0.25, 0.3) is 0 Å². The molecule has 1 aliphatic carbocycles. The third-order valence-electron chi connectivity index (χ3n) is 4.87. The Kier molecular flexibility index (Phi) is 4.13. The van der Waals surface area contributed by atoms with E-state index in [-0.39, 0.29) is 29.4 Å². The summed E-state index contributed by atoms with van der Waals surface area (Å²) in [7, 11) is 0. The van der Waals surface area contributed by atoms with Gasteiger partial charge in [0.15, 0.2) is 5.75 Å². The molecule has 1 saturated carbocycles. The van der Waals surface area contributed by atoms with Gasteiger partial charge in [-0.1, -0.05) is 31.0 Å². The number of carbonyl (C=O) groups excluding carboxylic acids is 3. The Labute approximate surface area is 149 Å². The number of fused-ring (bicyclic) bond motifs is 1. The van der Waals surface area contributed by atoms with Crippen LogP contribution < -0.4 is 9.64 Å². The predicted molar refractivity (Wildman–Crippen MR) is 93.7 cm³/mol. The Morgan fingerprint density at radius 1 is 1.00 bits per heavy atom. The third kappa shape index (κ3) is 2.76. The van der Waals surface area contributed by atoms with E-state index in [0.29, 0.717) is 10.6 Å². The largest absolute Gasteiger partial charge is 0.420 e. The van der Waals surface area contributed by atoms with Crippen molar-refractivity contribution in [2.45, 2.75) is 25.7 Å². The van der Waals surface area contributed by atoms with Gasteiger partial charge in [-0.3, -0.25) is 9.59 Å². The smallest absolute Gasteiger partial charge is 0.353 e. The summed E-state index contributed by atoms with van der Waals surface area (Å²) in [6.07, 6.45) is 3.46. The molecular formula is C19H17NO4S. The highest BCUT2D eigenvalue weighted by atomic mass is 32.1. The lowest BCUT2D eigenvalue weighted by Gasteiger charge is -2.19. The second-order valence-electron chi connectivity index (χ2n) is 6.34. The van der Waals surface area contributed by atoms with Crippen LogP contribution in [0, 0.1) is 11.8 Å². The lowest BCUT2D eigenvalue weighted by atomic mass is 9.81. The maximum absolute atomic E-state index is 12.8. The number of thiophene rings is 1. The molecule has 0 N–H and O–H groups in total. The number of hydrogen-bond acceptors (Lipinski definition) is 5. The van der Waals surface area contributed by atoms with Crippen LogP contribution in [0.4, 0.5) is 5.69 Å². The van der Waals surface area contributed by atoms with Crippen molar-refractivity contribution in [1.82, 2.24) is 0 Å². The maximum Gasteiger partial charge on any atom is 0.353 e. The average molecular weight is 355 g/mol. The van der Waals surface area contributed by atoms with Gasteiger partial charge in [0.25, 0.3) is 0 Å². The number of rotatable bonds is 3. The lowest BCUT2D eigenvalue weighted by Crippen LogP contribution is -2.31. The summed E-state index contributed by atoms with van der Waals surface area (Å²) in [6, 6.07) is 10.2. The van der Waals surface area contributed by atoms with Crippen molar-refractivity contribution < 1.29 is 19.1 Å². The number of carbonyl (C=O) groups is 3. The number of ether oxygens (including phenoxy) is 1. The number of imide groups is 1. The van der Waals surface area contributed by atoms with Gasteiger partial charge in [-0.15, -0.1) is 11.3 Å². The summed E-state index contributed by atoms with van der Waals surface area (Å²) >= 11 is 1.28. The number of benzene rings is 1. The highest BCUT2D eigenvalue weighted by Crippen LogP contribution is 2.42. The molecule has 0 spiro atoms. The molecule has 1 aromatic heterocycles. The first kappa shape index (κ1) is 16.0. The van der Waals surface area contributed by atoms with E-state index in [0.717, 1.165) is 25.7 Å². The van der Waals surface area contributed by atoms with E-state index in [1.165, 1.54) is 16.2 Å². The van der Waals surface area contributed by atoms with Gasteiger partial charge in [0.2, 0.25) is 11.8 Å². The van der Waals surface area contributed by atoms with Crippen molar-refractivity contribution in [1.29, 1.82) is 0 Å². The Balaban J connectivity index is 1.66. The molecule has 0 bridgehead atoms. The van der Waals surface area contributed by atoms with Crippen LogP contribution in [0.15, 0.2) is 41.8 Å². The van der Waals surface area contributed by atoms with Crippen molar-refractivity contribution in [2.75, 3.05) is 4.90 Å². The van der Waals surface area contributed by atoms with Gasteiger partial charge in [-0.05, 0) is 36.4 Å². The molecule has 2 atom stereocenters. The molecular weight excluding hydrogens is 338 g/mol. The van der Waals surface area contributed by atoms with Gasteiger partial charge in [0, 0.05) is 0 Å². The minimum Gasteiger partial charge on any atom is -0.420 e. The molecule has 128 valence electrons. The van der Waals surface area contributed by atoms with E-state index in [1.807, 2.05) is 0 Å². The minimum absolute atomic E-state index is 0.172. The molecule has 2 heterocycles. The van der Waals surface area contributed by atoms with Gasteiger partial charge in [0.1, 0.15) is 4.88 Å². The number of amides is 2. The van der Waals surface area contributed by atoms with E-state index < -0.39 is 5.97 Å². The molecule has 2 aliphatic rings. The van der Waals surface area contributed by atoms with Gasteiger partial charge in [-0.2, -0.15) is 0 Å². The summed E-state index contributed by atoms with van der Waals surface area (Å²) in [4.78, 5) is 39.5. The zero-order chi connectivity index (χ0) is 17.4. The first-order valence-electron chi connectivity index (χ1n) is 8.39. The van der Waals surface area contributed by atoms with Crippen LogP contribution in [0.2, 0.25) is 0 Å². The fourth-order valence-electron chi connectivity index (χ4n) is 3.67. The normalized spacial score (nSPS) is 22.8. The Morgan fingerprint density at radius 2 is 1.68 bits per heavy atom. The highest BCUT2D eigenvalue weighted by molar-refractivity contribution is 7.12. The van der Waals surface area contributed by atoms with Crippen LogP contribution in [0.5, 0.6) is 5.75 Å². The van der Waals surface area contributed by atoms with Crippen molar-refractivity contribution in [3.05, 3.63) is 46.7 Å². The van der Waals surface area contributed by atoms with Crippen LogP contribution in [-0.2, 0) is 9.59 Å². The lowest BCUT2D eigenvalue weighted by molar-refractivity contribution is -0.122. The van der Waals surface area contributed by atoms with Crippen LogP contribution in [0.1, 0.15) is 35.4 Å². The molecule has 5 nitrogen and oxygen atoms in total. The summed E-state index contributed by atoms with van der Waals surface area (Å²) < 4.78 is 5.48. The van der Waals surface area contributed by atoms with Gasteiger partial charge < -0.3 is 4.74 Å². The molecule has 1 aliphatic heterocycles. The number of anilines is 1. The molecule has 0 radical (unpaired) electrons. The topological polar surface area (TPSA) is 63.7 Å². The molecule has 6 heteroatoms. The summed E-state index contributed by atoms with van der Waals surface area (Å²) in [5, 5.41) is 1.79. The van der Waals surface area contributed by atoms with Crippen molar-refractivity contribution in [2.24, 2.45) is 11.8 Å². The molecule has 2 fully saturated rings. The molecule has 1 saturated heterocycles. The van der Waals surface area contributed by atoms with Crippen molar-refractivity contribution in [3.8, 4) is 5.75 Å². The van der Waals surface area contributed by atoms with E-state index in [2.05, 4.69) is 0 Å². The molecule has 2 amide bonds. The quantitative estimate of drug-likeness (QED) is 0.479. The fraction of sp³-hybridized carbons (Fsp3) is 0.316. The average Bonchev–Trinajstić information content (AvgIpc) is 3.25. The molecule has 2 aromatic rings. The van der Waals surface area contributed by atoms with Crippen LogP contribution >= 0.6 is 11.3 Å². The zero-order valence-corrected chi connectivity index (χ0v) is 14.3. The summed E-state index contributed by atoms with van der Waals surface area (Å²) in [5.74, 6) is -1.06. The molecule has 25 heavy (non-hydrogen) atoms. The third-order valence-corrected chi connectivity index (χ3v) is 5.72. The van der Waals surface area contributed by atoms with Crippen molar-refractivity contribution in [3.63, 3.8) is 0 Å². The van der Waals surface area contributed by atoms with Gasteiger partial charge in [-0.25, -0.2) is 9.69 Å².